The van der Waals surface area contributed by atoms with E-state index >= 15 is 0 Å². The Morgan fingerprint density at radius 2 is 1.82 bits per heavy atom. The molecule has 4 nitrogen and oxygen atoms in total. The molecule has 0 radical (unpaired) electrons. The van der Waals surface area contributed by atoms with Crippen LogP contribution in [-0.4, -0.2) is 36.2 Å². The van der Waals surface area contributed by atoms with Gasteiger partial charge in [0, 0.05) is 25.6 Å². The Morgan fingerprint density at radius 1 is 1.12 bits per heavy atom. The summed E-state index contributed by atoms with van der Waals surface area (Å²) in [6.45, 7) is 1.59. The first-order valence-corrected chi connectivity index (χ1v) is 6.92. The summed E-state index contributed by atoms with van der Waals surface area (Å²) in [6.07, 6.45) is 6.89. The number of hydrogen-bond acceptors (Lipinski definition) is 3. The van der Waals surface area contributed by atoms with Crippen molar-refractivity contribution in [2.45, 2.75) is 57.1 Å². The van der Waals surface area contributed by atoms with Crippen molar-refractivity contribution in [1.29, 1.82) is 0 Å². The summed E-state index contributed by atoms with van der Waals surface area (Å²) >= 11 is 0. The summed E-state index contributed by atoms with van der Waals surface area (Å²) in [6, 6.07) is 0.683. The third-order valence-electron chi connectivity index (χ3n) is 3.77. The number of rotatable bonds is 6. The Kier molecular flexibility index (Phi) is 4.80. The van der Waals surface area contributed by atoms with Gasteiger partial charge in [-0.25, -0.2) is 0 Å². The maximum absolute atomic E-state index is 11.6. The SMILES string of the molecule is O=C(CCNC1CC1)NCC1CCC(O)CC1. The monoisotopic (exact) mass is 240 g/mol. The summed E-state index contributed by atoms with van der Waals surface area (Å²) in [5.74, 6) is 0.725. The lowest BCUT2D eigenvalue weighted by Crippen LogP contribution is -2.33. The molecular weight excluding hydrogens is 216 g/mol. The Labute approximate surface area is 103 Å². The summed E-state index contributed by atoms with van der Waals surface area (Å²) in [7, 11) is 0. The van der Waals surface area contributed by atoms with Crippen molar-refractivity contribution in [3.05, 3.63) is 0 Å². The van der Waals surface area contributed by atoms with Crippen molar-refractivity contribution in [2.24, 2.45) is 5.92 Å². The molecule has 2 aliphatic carbocycles. The first-order chi connectivity index (χ1) is 8.24. The summed E-state index contributed by atoms with van der Waals surface area (Å²) < 4.78 is 0. The smallest absolute Gasteiger partial charge is 0.221 e. The Balaban J connectivity index is 1.49. The van der Waals surface area contributed by atoms with Crippen molar-refractivity contribution in [2.75, 3.05) is 13.1 Å². The van der Waals surface area contributed by atoms with E-state index in [4.69, 9.17) is 0 Å². The van der Waals surface area contributed by atoms with Gasteiger partial charge in [-0.2, -0.15) is 0 Å². The van der Waals surface area contributed by atoms with E-state index in [-0.39, 0.29) is 12.0 Å². The highest BCUT2D eigenvalue weighted by atomic mass is 16.3. The number of hydrogen-bond donors (Lipinski definition) is 3. The van der Waals surface area contributed by atoms with Gasteiger partial charge >= 0.3 is 0 Å². The first-order valence-electron chi connectivity index (χ1n) is 6.92. The highest BCUT2D eigenvalue weighted by Crippen LogP contribution is 2.23. The molecule has 0 aromatic rings. The van der Waals surface area contributed by atoms with Crippen molar-refractivity contribution >= 4 is 5.91 Å². The summed E-state index contributed by atoms with van der Waals surface area (Å²) in [4.78, 5) is 11.6. The first kappa shape index (κ1) is 12.8. The maximum atomic E-state index is 11.6. The number of aliphatic hydroxyl groups is 1. The molecule has 0 aromatic heterocycles. The predicted octanol–water partition coefficient (Wildman–Crippen LogP) is 0.796. The van der Waals surface area contributed by atoms with Crippen LogP contribution in [-0.2, 0) is 4.79 Å². The van der Waals surface area contributed by atoms with Crippen LogP contribution in [0.25, 0.3) is 0 Å². The fraction of sp³-hybridized carbons (Fsp3) is 0.923. The number of carbonyl (C=O) groups excluding carboxylic acids is 1. The third kappa shape index (κ3) is 5.04. The molecular formula is C13H24N2O2. The van der Waals surface area contributed by atoms with Crippen LogP contribution in [0.2, 0.25) is 0 Å². The second kappa shape index (κ2) is 6.36. The van der Waals surface area contributed by atoms with E-state index in [0.717, 1.165) is 38.8 Å². The molecule has 98 valence electrons. The molecule has 0 heterocycles. The Hall–Kier alpha value is -0.610. The minimum Gasteiger partial charge on any atom is -0.393 e. The number of amides is 1. The molecule has 2 saturated carbocycles. The van der Waals surface area contributed by atoms with Gasteiger partial charge in [0.1, 0.15) is 0 Å². The molecule has 3 N–H and O–H groups in total. The molecule has 0 unspecified atom stereocenters. The van der Waals surface area contributed by atoms with E-state index in [1.807, 2.05) is 0 Å². The van der Waals surface area contributed by atoms with Gasteiger partial charge in [-0.15, -0.1) is 0 Å². The average molecular weight is 240 g/mol. The fourth-order valence-corrected chi connectivity index (χ4v) is 2.37. The van der Waals surface area contributed by atoms with Crippen molar-refractivity contribution < 1.29 is 9.90 Å². The van der Waals surface area contributed by atoms with Gasteiger partial charge in [0.25, 0.3) is 0 Å². The van der Waals surface area contributed by atoms with Crippen LogP contribution in [0.4, 0.5) is 0 Å². The van der Waals surface area contributed by atoms with E-state index in [2.05, 4.69) is 10.6 Å². The summed E-state index contributed by atoms with van der Waals surface area (Å²) in [5, 5.41) is 15.7. The maximum Gasteiger partial charge on any atom is 0.221 e. The average Bonchev–Trinajstić information content (AvgIpc) is 3.12. The van der Waals surface area contributed by atoms with Gasteiger partial charge < -0.3 is 15.7 Å². The van der Waals surface area contributed by atoms with E-state index < -0.39 is 0 Å². The number of carbonyl (C=O) groups is 1. The third-order valence-corrected chi connectivity index (χ3v) is 3.77. The van der Waals surface area contributed by atoms with E-state index in [9.17, 15) is 9.90 Å². The zero-order valence-corrected chi connectivity index (χ0v) is 10.5. The molecule has 0 aliphatic heterocycles. The Morgan fingerprint density at radius 3 is 2.47 bits per heavy atom. The van der Waals surface area contributed by atoms with Gasteiger partial charge in [0.05, 0.1) is 6.10 Å². The molecule has 0 saturated heterocycles. The fourth-order valence-electron chi connectivity index (χ4n) is 2.37. The quantitative estimate of drug-likeness (QED) is 0.643. The minimum absolute atomic E-state index is 0.107. The van der Waals surface area contributed by atoms with Crippen LogP contribution >= 0.6 is 0 Å². The lowest BCUT2D eigenvalue weighted by molar-refractivity contribution is -0.121. The van der Waals surface area contributed by atoms with Gasteiger partial charge in [0.15, 0.2) is 0 Å². The molecule has 2 rings (SSSR count). The minimum atomic E-state index is -0.107. The zero-order chi connectivity index (χ0) is 12.1. The van der Waals surface area contributed by atoms with E-state index in [1.165, 1.54) is 12.8 Å². The highest BCUT2D eigenvalue weighted by molar-refractivity contribution is 5.76. The molecule has 0 atom stereocenters. The predicted molar refractivity (Wildman–Crippen MR) is 66.6 cm³/mol. The molecule has 0 bridgehead atoms. The number of aliphatic hydroxyl groups excluding tert-OH is 1. The molecule has 0 spiro atoms. The largest absolute Gasteiger partial charge is 0.393 e. The van der Waals surface area contributed by atoms with Crippen LogP contribution in [0.5, 0.6) is 0 Å². The molecule has 2 aliphatic rings. The van der Waals surface area contributed by atoms with Crippen LogP contribution < -0.4 is 10.6 Å². The number of nitrogens with one attached hydrogen (secondary N) is 2. The van der Waals surface area contributed by atoms with E-state index in [1.54, 1.807) is 0 Å². The molecule has 4 heteroatoms. The van der Waals surface area contributed by atoms with Crippen LogP contribution in [0.3, 0.4) is 0 Å². The van der Waals surface area contributed by atoms with Gasteiger partial charge in [-0.05, 0) is 44.4 Å². The van der Waals surface area contributed by atoms with Crippen LogP contribution in [0.1, 0.15) is 44.9 Å². The van der Waals surface area contributed by atoms with Gasteiger partial charge in [-0.1, -0.05) is 0 Å². The second-order valence-corrected chi connectivity index (χ2v) is 5.46. The molecule has 17 heavy (non-hydrogen) atoms. The van der Waals surface area contributed by atoms with E-state index in [0.29, 0.717) is 18.4 Å². The second-order valence-electron chi connectivity index (χ2n) is 5.46. The molecule has 2 fully saturated rings. The zero-order valence-electron chi connectivity index (χ0n) is 10.5. The van der Waals surface area contributed by atoms with Crippen molar-refractivity contribution in [3.8, 4) is 0 Å². The highest BCUT2D eigenvalue weighted by Gasteiger charge is 2.21. The normalized spacial score (nSPS) is 29.0. The van der Waals surface area contributed by atoms with Crippen molar-refractivity contribution in [3.63, 3.8) is 0 Å². The lowest BCUT2D eigenvalue weighted by atomic mass is 9.87. The summed E-state index contributed by atoms with van der Waals surface area (Å²) in [5.41, 5.74) is 0. The van der Waals surface area contributed by atoms with Gasteiger partial charge in [-0.3, -0.25) is 4.79 Å². The van der Waals surface area contributed by atoms with Crippen LogP contribution in [0.15, 0.2) is 0 Å². The van der Waals surface area contributed by atoms with Crippen LogP contribution in [0, 0.1) is 5.92 Å². The lowest BCUT2D eigenvalue weighted by Gasteiger charge is -2.25. The molecule has 1 amide bonds. The van der Waals surface area contributed by atoms with Gasteiger partial charge in [0.2, 0.25) is 5.91 Å². The standard InChI is InChI=1S/C13H24N2O2/c16-12-5-1-10(2-6-12)9-15-13(17)7-8-14-11-3-4-11/h10-12,14,16H,1-9H2,(H,15,17). The molecule has 0 aromatic carbocycles. The Bertz CT molecular complexity index is 246. The topological polar surface area (TPSA) is 61.4 Å². The van der Waals surface area contributed by atoms with Crippen molar-refractivity contribution in [1.82, 2.24) is 10.6 Å².